The summed E-state index contributed by atoms with van der Waals surface area (Å²) in [6.45, 7) is 8.88. The number of ketones is 2. The molecule has 0 saturated carbocycles. The van der Waals surface area contributed by atoms with E-state index in [0.717, 1.165) is 16.7 Å². The van der Waals surface area contributed by atoms with Gasteiger partial charge in [0, 0.05) is 35.1 Å². The molecule has 3 heteroatoms. The van der Waals surface area contributed by atoms with Crippen LogP contribution in [0, 0.1) is 19.8 Å². The summed E-state index contributed by atoms with van der Waals surface area (Å²) in [6.07, 6.45) is 0. The molecule has 3 rings (SSSR count). The Morgan fingerprint density at radius 2 is 1.38 bits per heavy atom. The highest BCUT2D eigenvalue weighted by atomic mass is 16.1. The van der Waals surface area contributed by atoms with Crippen molar-refractivity contribution in [2.45, 2.75) is 19.8 Å². The number of carbonyl (C=O) groups is 2. The molecule has 0 spiro atoms. The standard InChI is InChI=1S/C29H31NO2/c1-20-13-12-18-25(21(20)2)27(22(3)28(31)23-14-8-6-9-15-23)26(19-30(4)5)29(32)24-16-10-7-11-17-24/h6-18,26-27H,3,19H2,1-2,4-5H3. The van der Waals surface area contributed by atoms with E-state index in [1.807, 2.05) is 79.7 Å². The highest BCUT2D eigenvalue weighted by molar-refractivity contribution is 6.10. The van der Waals surface area contributed by atoms with Gasteiger partial charge >= 0.3 is 0 Å². The number of benzene rings is 3. The van der Waals surface area contributed by atoms with Gasteiger partial charge in [-0.15, -0.1) is 0 Å². The summed E-state index contributed by atoms with van der Waals surface area (Å²) >= 11 is 0. The summed E-state index contributed by atoms with van der Waals surface area (Å²) in [6, 6.07) is 24.6. The molecule has 2 unspecified atom stereocenters. The van der Waals surface area contributed by atoms with E-state index in [1.165, 1.54) is 0 Å². The second-order valence-corrected chi connectivity index (χ2v) is 8.59. The van der Waals surface area contributed by atoms with Gasteiger partial charge in [-0.3, -0.25) is 9.59 Å². The van der Waals surface area contributed by atoms with Crippen LogP contribution < -0.4 is 0 Å². The predicted molar refractivity (Wildman–Crippen MR) is 131 cm³/mol. The zero-order valence-corrected chi connectivity index (χ0v) is 19.3. The Kier molecular flexibility index (Phi) is 7.55. The minimum atomic E-state index is -0.451. The van der Waals surface area contributed by atoms with E-state index < -0.39 is 11.8 Å². The summed E-state index contributed by atoms with van der Waals surface area (Å²) in [4.78, 5) is 29.3. The number of Topliss-reactive ketones (excluding diaryl/α,β-unsaturated/α-hetero) is 2. The molecule has 0 radical (unpaired) electrons. The molecule has 0 fully saturated rings. The first-order valence-corrected chi connectivity index (χ1v) is 10.9. The highest BCUT2D eigenvalue weighted by Crippen LogP contribution is 2.38. The number of allylic oxidation sites excluding steroid dienone is 1. The van der Waals surface area contributed by atoms with Crippen LogP contribution in [-0.2, 0) is 0 Å². The monoisotopic (exact) mass is 425 g/mol. The van der Waals surface area contributed by atoms with Crippen molar-refractivity contribution in [2.24, 2.45) is 5.92 Å². The van der Waals surface area contributed by atoms with Crippen molar-refractivity contribution in [2.75, 3.05) is 20.6 Å². The lowest BCUT2D eigenvalue weighted by atomic mass is 9.73. The molecule has 3 aromatic carbocycles. The van der Waals surface area contributed by atoms with E-state index in [0.29, 0.717) is 23.2 Å². The molecule has 164 valence electrons. The molecular weight excluding hydrogens is 394 g/mol. The molecule has 0 N–H and O–H groups in total. The van der Waals surface area contributed by atoms with Gasteiger partial charge in [0.15, 0.2) is 11.6 Å². The maximum Gasteiger partial charge on any atom is 0.189 e. The topological polar surface area (TPSA) is 37.4 Å². The molecule has 0 amide bonds. The van der Waals surface area contributed by atoms with Gasteiger partial charge in [0.1, 0.15) is 0 Å². The third kappa shape index (κ3) is 5.12. The Labute approximate surface area is 191 Å². The minimum absolute atomic E-state index is 0.0206. The predicted octanol–water partition coefficient (Wildman–Crippen LogP) is 5.89. The van der Waals surface area contributed by atoms with Crippen LogP contribution in [-0.4, -0.2) is 37.1 Å². The lowest BCUT2D eigenvalue weighted by molar-refractivity contribution is 0.0876. The summed E-state index contributed by atoms with van der Waals surface area (Å²) in [5.74, 6) is -0.987. The van der Waals surface area contributed by atoms with E-state index in [-0.39, 0.29) is 11.6 Å². The average molecular weight is 426 g/mol. The number of hydrogen-bond donors (Lipinski definition) is 0. The van der Waals surface area contributed by atoms with Crippen molar-refractivity contribution in [1.82, 2.24) is 4.90 Å². The van der Waals surface area contributed by atoms with Crippen LogP contribution in [0.1, 0.15) is 43.3 Å². The number of carbonyl (C=O) groups excluding carboxylic acids is 2. The largest absolute Gasteiger partial charge is 0.309 e. The molecule has 32 heavy (non-hydrogen) atoms. The molecule has 2 atom stereocenters. The number of aryl methyl sites for hydroxylation is 1. The van der Waals surface area contributed by atoms with Gasteiger partial charge in [0.2, 0.25) is 0 Å². The molecule has 0 aliphatic heterocycles. The van der Waals surface area contributed by atoms with Crippen LogP contribution in [0.25, 0.3) is 0 Å². The second-order valence-electron chi connectivity index (χ2n) is 8.59. The molecule has 3 nitrogen and oxygen atoms in total. The van der Waals surface area contributed by atoms with Gasteiger partial charge in [0.25, 0.3) is 0 Å². The summed E-state index contributed by atoms with van der Waals surface area (Å²) in [7, 11) is 3.90. The molecule has 0 aromatic heterocycles. The summed E-state index contributed by atoms with van der Waals surface area (Å²) in [5.41, 5.74) is 4.88. The summed E-state index contributed by atoms with van der Waals surface area (Å²) < 4.78 is 0. The Balaban J connectivity index is 2.16. The SMILES string of the molecule is C=C(C(=O)c1ccccc1)C(c1cccc(C)c1C)C(CN(C)C)C(=O)c1ccccc1. The lowest BCUT2D eigenvalue weighted by Crippen LogP contribution is -2.35. The first-order valence-electron chi connectivity index (χ1n) is 10.9. The van der Waals surface area contributed by atoms with Gasteiger partial charge < -0.3 is 4.90 Å². The van der Waals surface area contributed by atoms with Gasteiger partial charge in [-0.05, 0) is 44.6 Å². The maximum atomic E-state index is 13.8. The normalized spacial score (nSPS) is 12.9. The molecule has 3 aromatic rings. The molecule has 0 aliphatic rings. The van der Waals surface area contributed by atoms with Crippen molar-refractivity contribution in [3.8, 4) is 0 Å². The number of nitrogens with zero attached hydrogens (tertiary/aromatic N) is 1. The van der Waals surface area contributed by atoms with E-state index in [2.05, 4.69) is 26.5 Å². The molecular formula is C29H31NO2. The van der Waals surface area contributed by atoms with E-state index >= 15 is 0 Å². The maximum absolute atomic E-state index is 13.8. The fraction of sp³-hybridized carbons (Fsp3) is 0.241. The van der Waals surface area contributed by atoms with Crippen LogP contribution >= 0.6 is 0 Å². The first kappa shape index (κ1) is 23.4. The van der Waals surface area contributed by atoms with Crippen molar-refractivity contribution < 1.29 is 9.59 Å². The van der Waals surface area contributed by atoms with Gasteiger partial charge in [-0.25, -0.2) is 0 Å². The molecule has 0 heterocycles. The van der Waals surface area contributed by atoms with E-state index in [9.17, 15) is 9.59 Å². The van der Waals surface area contributed by atoms with Crippen LogP contribution in [0.2, 0.25) is 0 Å². The summed E-state index contributed by atoms with van der Waals surface area (Å²) in [5, 5.41) is 0. The van der Waals surface area contributed by atoms with Crippen molar-refractivity contribution in [1.29, 1.82) is 0 Å². The smallest absolute Gasteiger partial charge is 0.189 e. The zero-order valence-electron chi connectivity index (χ0n) is 19.3. The fourth-order valence-electron chi connectivity index (χ4n) is 4.22. The van der Waals surface area contributed by atoms with Crippen molar-refractivity contribution in [3.05, 3.63) is 119 Å². The van der Waals surface area contributed by atoms with Crippen molar-refractivity contribution in [3.63, 3.8) is 0 Å². The van der Waals surface area contributed by atoms with Gasteiger partial charge in [-0.2, -0.15) is 0 Å². The number of rotatable bonds is 9. The first-order chi connectivity index (χ1) is 15.3. The fourth-order valence-corrected chi connectivity index (χ4v) is 4.22. The van der Waals surface area contributed by atoms with Crippen LogP contribution in [0.4, 0.5) is 0 Å². The Morgan fingerprint density at radius 1 is 0.812 bits per heavy atom. The molecule has 0 bridgehead atoms. The lowest BCUT2D eigenvalue weighted by Gasteiger charge is -2.31. The molecule has 0 saturated heterocycles. The van der Waals surface area contributed by atoms with Crippen LogP contribution in [0.5, 0.6) is 0 Å². The Morgan fingerprint density at radius 3 is 1.94 bits per heavy atom. The minimum Gasteiger partial charge on any atom is -0.309 e. The van der Waals surface area contributed by atoms with Crippen LogP contribution in [0.15, 0.2) is 91.0 Å². The molecule has 0 aliphatic carbocycles. The number of hydrogen-bond acceptors (Lipinski definition) is 3. The van der Waals surface area contributed by atoms with Crippen LogP contribution in [0.3, 0.4) is 0 Å². The van der Waals surface area contributed by atoms with E-state index in [4.69, 9.17) is 0 Å². The highest BCUT2D eigenvalue weighted by Gasteiger charge is 2.36. The second kappa shape index (κ2) is 10.3. The zero-order chi connectivity index (χ0) is 23.3. The third-order valence-electron chi connectivity index (χ3n) is 6.04. The van der Waals surface area contributed by atoms with E-state index in [1.54, 1.807) is 12.1 Å². The van der Waals surface area contributed by atoms with Gasteiger partial charge in [0.05, 0.1) is 0 Å². The van der Waals surface area contributed by atoms with Gasteiger partial charge in [-0.1, -0.05) is 85.4 Å². The Bertz CT molecular complexity index is 1100. The van der Waals surface area contributed by atoms with Crippen molar-refractivity contribution >= 4 is 11.6 Å². The Hall–Kier alpha value is -3.30. The quantitative estimate of drug-likeness (QED) is 0.317. The third-order valence-corrected chi connectivity index (χ3v) is 6.04. The average Bonchev–Trinajstić information content (AvgIpc) is 2.81.